The molecule has 0 amide bonds. The normalized spacial score (nSPS) is 12.3. The van der Waals surface area contributed by atoms with E-state index in [4.69, 9.17) is 0 Å². The molecule has 7 heteroatoms. The molecule has 1 unspecified atom stereocenters. The van der Waals surface area contributed by atoms with E-state index in [0.717, 1.165) is 17.5 Å². The van der Waals surface area contributed by atoms with Crippen molar-refractivity contribution in [2.24, 2.45) is 5.92 Å². The predicted octanol–water partition coefficient (Wildman–Crippen LogP) is 2.42. The van der Waals surface area contributed by atoms with Gasteiger partial charge in [0.05, 0.1) is 19.0 Å². The van der Waals surface area contributed by atoms with Crippen LogP contribution in [0.2, 0.25) is 0 Å². The fraction of sp³-hybridized carbons (Fsp3) is 0.643. The number of nitrogens with one attached hydrogen (secondary N) is 1. The van der Waals surface area contributed by atoms with E-state index in [2.05, 4.69) is 51.9 Å². The van der Waals surface area contributed by atoms with Crippen LogP contribution in [0.15, 0.2) is 15.5 Å². The Hall–Kier alpha value is -1.37. The van der Waals surface area contributed by atoms with Gasteiger partial charge < -0.3 is 10.1 Å². The Balaban J connectivity index is 2.80. The molecule has 1 aromatic heterocycles. The van der Waals surface area contributed by atoms with Gasteiger partial charge in [-0.05, 0) is 41.6 Å². The first kappa shape index (κ1) is 17.7. The number of esters is 1. The monoisotopic (exact) mass is 359 g/mol. The molecule has 0 aliphatic carbocycles. The summed E-state index contributed by atoms with van der Waals surface area (Å²) in [5.74, 6) is 0.131. The number of hydrogen-bond acceptors (Lipinski definition) is 5. The van der Waals surface area contributed by atoms with E-state index in [1.807, 2.05) is 0 Å². The van der Waals surface area contributed by atoms with Gasteiger partial charge >= 0.3 is 5.97 Å². The lowest BCUT2D eigenvalue weighted by atomic mass is 10.0. The maximum atomic E-state index is 12.1. The quantitative estimate of drug-likeness (QED) is 0.756. The second-order valence-electron chi connectivity index (χ2n) is 5.43. The fourth-order valence-electron chi connectivity index (χ4n) is 1.79. The van der Waals surface area contributed by atoms with E-state index in [9.17, 15) is 9.59 Å². The molecule has 1 N–H and O–H groups in total. The van der Waals surface area contributed by atoms with Crippen LogP contribution in [-0.2, 0) is 16.1 Å². The summed E-state index contributed by atoms with van der Waals surface area (Å²) < 4.78 is 5.97. The number of aromatic nitrogens is 2. The van der Waals surface area contributed by atoms with Gasteiger partial charge in [-0.15, -0.1) is 0 Å². The highest BCUT2D eigenvalue weighted by atomic mass is 79.9. The summed E-state index contributed by atoms with van der Waals surface area (Å²) in [5, 5.41) is 7.25. The molecule has 0 fully saturated rings. The molecule has 118 valence electrons. The van der Waals surface area contributed by atoms with Crippen LogP contribution in [0, 0.1) is 5.92 Å². The molecule has 0 radical (unpaired) electrons. The van der Waals surface area contributed by atoms with Gasteiger partial charge in [-0.3, -0.25) is 9.59 Å². The van der Waals surface area contributed by atoms with E-state index in [1.165, 1.54) is 7.11 Å². The summed E-state index contributed by atoms with van der Waals surface area (Å²) in [4.78, 5) is 23.3. The largest absolute Gasteiger partial charge is 0.468 e. The lowest BCUT2D eigenvalue weighted by molar-refractivity contribution is -0.141. The Morgan fingerprint density at radius 2 is 2.10 bits per heavy atom. The standard InChI is InChI=1S/C14H22BrN3O3/c1-9(2)5-6-10(3)17-11-7-16-18(8-12(19)21-4)14(20)13(11)15/h7,9-10,17H,5-6,8H2,1-4H3. The lowest BCUT2D eigenvalue weighted by Gasteiger charge is -2.17. The zero-order chi connectivity index (χ0) is 16.0. The molecule has 1 atom stereocenters. The van der Waals surface area contributed by atoms with E-state index in [-0.39, 0.29) is 18.1 Å². The average Bonchev–Trinajstić information content (AvgIpc) is 2.44. The van der Waals surface area contributed by atoms with Crippen LogP contribution < -0.4 is 10.9 Å². The van der Waals surface area contributed by atoms with Crippen LogP contribution in [-0.4, -0.2) is 28.9 Å². The van der Waals surface area contributed by atoms with Crippen LogP contribution in [0.1, 0.15) is 33.6 Å². The summed E-state index contributed by atoms with van der Waals surface area (Å²) in [6, 6.07) is 0.237. The summed E-state index contributed by atoms with van der Waals surface area (Å²) in [6.45, 7) is 6.22. The molecule has 0 saturated heterocycles. The minimum atomic E-state index is -0.512. The summed E-state index contributed by atoms with van der Waals surface area (Å²) >= 11 is 3.26. The second-order valence-corrected chi connectivity index (χ2v) is 6.22. The summed E-state index contributed by atoms with van der Waals surface area (Å²) in [5.41, 5.74) is 0.277. The first-order valence-corrected chi connectivity index (χ1v) is 7.73. The highest BCUT2D eigenvalue weighted by Gasteiger charge is 2.13. The molecule has 0 bridgehead atoms. The van der Waals surface area contributed by atoms with Gasteiger partial charge in [0.25, 0.3) is 5.56 Å². The van der Waals surface area contributed by atoms with Crippen LogP contribution >= 0.6 is 15.9 Å². The molecule has 1 heterocycles. The second kappa shape index (κ2) is 8.17. The molecular weight excluding hydrogens is 338 g/mol. The van der Waals surface area contributed by atoms with Crippen molar-refractivity contribution in [3.8, 4) is 0 Å². The third kappa shape index (κ3) is 5.49. The van der Waals surface area contributed by atoms with Crippen molar-refractivity contribution >= 4 is 27.6 Å². The van der Waals surface area contributed by atoms with Crippen LogP contribution in [0.5, 0.6) is 0 Å². The average molecular weight is 360 g/mol. The minimum absolute atomic E-state index is 0.197. The molecule has 1 aromatic rings. The first-order chi connectivity index (χ1) is 9.85. The zero-order valence-corrected chi connectivity index (χ0v) is 14.4. The smallest absolute Gasteiger partial charge is 0.327 e. The van der Waals surface area contributed by atoms with Gasteiger partial charge in [0.1, 0.15) is 11.0 Å². The number of rotatable bonds is 7. The van der Waals surface area contributed by atoms with Crippen molar-refractivity contribution in [1.82, 2.24) is 9.78 Å². The number of ether oxygens (including phenoxy) is 1. The Kier molecular flexibility index (Phi) is 6.87. The van der Waals surface area contributed by atoms with E-state index >= 15 is 0 Å². The third-order valence-corrected chi connectivity index (χ3v) is 3.84. The van der Waals surface area contributed by atoms with E-state index in [0.29, 0.717) is 16.1 Å². The number of nitrogens with zero attached hydrogens (tertiary/aromatic N) is 2. The number of halogens is 1. The Labute approximate surface area is 133 Å². The molecule has 21 heavy (non-hydrogen) atoms. The van der Waals surface area contributed by atoms with Crippen LogP contribution in [0.4, 0.5) is 5.69 Å². The first-order valence-electron chi connectivity index (χ1n) is 6.94. The van der Waals surface area contributed by atoms with Crippen molar-refractivity contribution in [1.29, 1.82) is 0 Å². The van der Waals surface area contributed by atoms with Crippen molar-refractivity contribution < 1.29 is 9.53 Å². The predicted molar refractivity (Wildman–Crippen MR) is 85.4 cm³/mol. The minimum Gasteiger partial charge on any atom is -0.468 e. The molecular formula is C14H22BrN3O3. The van der Waals surface area contributed by atoms with Crippen molar-refractivity contribution in [2.45, 2.75) is 46.2 Å². The van der Waals surface area contributed by atoms with E-state index < -0.39 is 5.97 Å². The van der Waals surface area contributed by atoms with Crippen molar-refractivity contribution in [3.63, 3.8) is 0 Å². The molecule has 0 aromatic carbocycles. The zero-order valence-electron chi connectivity index (χ0n) is 12.9. The van der Waals surface area contributed by atoms with Crippen molar-refractivity contribution in [2.75, 3.05) is 12.4 Å². The van der Waals surface area contributed by atoms with Gasteiger partial charge in [0, 0.05) is 6.04 Å². The van der Waals surface area contributed by atoms with Gasteiger partial charge in [-0.25, -0.2) is 4.68 Å². The van der Waals surface area contributed by atoms with Gasteiger partial charge in [-0.2, -0.15) is 5.10 Å². The molecule has 0 aliphatic rings. The van der Waals surface area contributed by atoms with E-state index in [1.54, 1.807) is 6.20 Å². The highest BCUT2D eigenvalue weighted by Crippen LogP contribution is 2.19. The van der Waals surface area contributed by atoms with Gasteiger partial charge in [0.2, 0.25) is 0 Å². The highest BCUT2D eigenvalue weighted by molar-refractivity contribution is 9.10. The number of hydrogen-bond donors (Lipinski definition) is 1. The maximum absolute atomic E-state index is 12.1. The molecule has 0 aliphatic heterocycles. The lowest BCUT2D eigenvalue weighted by Crippen LogP contribution is -2.29. The molecule has 0 saturated carbocycles. The SMILES string of the molecule is COC(=O)Cn1ncc(NC(C)CCC(C)C)c(Br)c1=O. The fourth-order valence-corrected chi connectivity index (χ4v) is 2.21. The third-order valence-electron chi connectivity index (χ3n) is 3.07. The maximum Gasteiger partial charge on any atom is 0.327 e. The number of anilines is 1. The molecule has 0 spiro atoms. The number of carbonyl (C=O) groups is 1. The van der Waals surface area contributed by atoms with Crippen LogP contribution in [0.25, 0.3) is 0 Å². The Morgan fingerprint density at radius 3 is 2.67 bits per heavy atom. The summed E-state index contributed by atoms with van der Waals surface area (Å²) in [7, 11) is 1.27. The Bertz CT molecular complexity index is 543. The van der Waals surface area contributed by atoms with Gasteiger partial charge in [0.15, 0.2) is 0 Å². The number of methoxy groups -OCH3 is 1. The number of carbonyl (C=O) groups excluding carboxylic acids is 1. The van der Waals surface area contributed by atoms with Gasteiger partial charge in [-0.1, -0.05) is 13.8 Å². The molecule has 1 rings (SSSR count). The van der Waals surface area contributed by atoms with Crippen LogP contribution in [0.3, 0.4) is 0 Å². The molecule has 6 nitrogen and oxygen atoms in total. The topological polar surface area (TPSA) is 73.2 Å². The Morgan fingerprint density at radius 1 is 1.43 bits per heavy atom. The summed E-state index contributed by atoms with van der Waals surface area (Å²) in [6.07, 6.45) is 3.66. The van der Waals surface area contributed by atoms with Crippen molar-refractivity contribution in [3.05, 3.63) is 21.0 Å².